The molecule has 1 N–H and O–H groups in total. The molecule has 136 valence electrons. The van der Waals surface area contributed by atoms with Crippen LogP contribution in [0.15, 0.2) is 24.5 Å². The van der Waals surface area contributed by atoms with Gasteiger partial charge < -0.3 is 10.2 Å². The molecule has 26 heavy (non-hydrogen) atoms. The summed E-state index contributed by atoms with van der Waals surface area (Å²) in [5.74, 6) is 0.510. The number of carbonyl (C=O) groups excluding carboxylic acids is 2. The minimum absolute atomic E-state index is 0.00870. The Morgan fingerprint density at radius 3 is 2.81 bits per heavy atom. The second-order valence-electron chi connectivity index (χ2n) is 6.77. The Labute approximate surface area is 156 Å². The molecule has 8 heteroatoms. The first-order chi connectivity index (χ1) is 12.6. The summed E-state index contributed by atoms with van der Waals surface area (Å²) >= 11 is 1.28. The van der Waals surface area contributed by atoms with E-state index in [1.165, 1.54) is 24.2 Å². The van der Waals surface area contributed by atoms with E-state index in [4.69, 9.17) is 0 Å². The van der Waals surface area contributed by atoms with Gasteiger partial charge in [-0.1, -0.05) is 11.3 Å². The number of aryl methyl sites for hydroxylation is 1. The third kappa shape index (κ3) is 3.55. The number of amides is 3. The summed E-state index contributed by atoms with van der Waals surface area (Å²) in [6.45, 7) is 4.46. The predicted octanol–water partition coefficient (Wildman–Crippen LogP) is 2.43. The summed E-state index contributed by atoms with van der Waals surface area (Å²) in [5, 5.41) is 3.52. The molecule has 1 saturated heterocycles. The van der Waals surface area contributed by atoms with E-state index in [0.29, 0.717) is 34.7 Å². The number of nitrogens with zero attached hydrogens (tertiary/aromatic N) is 4. The quantitative estimate of drug-likeness (QED) is 0.846. The van der Waals surface area contributed by atoms with Gasteiger partial charge in [-0.25, -0.2) is 9.78 Å². The molecule has 2 aliphatic rings. The highest BCUT2D eigenvalue weighted by molar-refractivity contribution is 7.17. The van der Waals surface area contributed by atoms with Crippen LogP contribution in [0.1, 0.15) is 33.8 Å². The largest absolute Gasteiger partial charge is 0.347 e. The molecule has 3 heterocycles. The van der Waals surface area contributed by atoms with Crippen LogP contribution in [0.4, 0.5) is 9.93 Å². The molecule has 2 fully saturated rings. The van der Waals surface area contributed by atoms with Gasteiger partial charge in [-0.2, -0.15) is 0 Å². The van der Waals surface area contributed by atoms with Gasteiger partial charge in [-0.15, -0.1) is 0 Å². The van der Waals surface area contributed by atoms with Crippen molar-refractivity contribution in [1.82, 2.24) is 20.2 Å². The predicted molar refractivity (Wildman–Crippen MR) is 99.3 cm³/mol. The molecule has 0 atom stereocenters. The van der Waals surface area contributed by atoms with Crippen LogP contribution in [0, 0.1) is 12.8 Å². The van der Waals surface area contributed by atoms with Gasteiger partial charge in [-0.3, -0.25) is 14.7 Å². The van der Waals surface area contributed by atoms with Gasteiger partial charge in [0.2, 0.25) is 0 Å². The van der Waals surface area contributed by atoms with Gasteiger partial charge in [0.1, 0.15) is 4.88 Å². The lowest BCUT2D eigenvalue weighted by atomic mass is 10.2. The van der Waals surface area contributed by atoms with E-state index in [0.717, 1.165) is 18.7 Å². The van der Waals surface area contributed by atoms with Crippen LogP contribution in [0.3, 0.4) is 0 Å². The first-order valence-electron chi connectivity index (χ1n) is 8.83. The van der Waals surface area contributed by atoms with Crippen molar-refractivity contribution in [2.75, 3.05) is 24.5 Å². The fraction of sp³-hybridized carbons (Fsp3) is 0.444. The van der Waals surface area contributed by atoms with E-state index < -0.39 is 0 Å². The number of pyridine rings is 1. The van der Waals surface area contributed by atoms with Gasteiger partial charge in [-0.05, 0) is 43.4 Å². The topological polar surface area (TPSA) is 78.4 Å². The normalized spacial score (nSPS) is 17.0. The van der Waals surface area contributed by atoms with Crippen LogP contribution in [-0.4, -0.2) is 46.4 Å². The minimum atomic E-state index is -0.162. The molecule has 1 aliphatic carbocycles. The molecular weight excluding hydrogens is 350 g/mol. The van der Waals surface area contributed by atoms with E-state index in [1.54, 1.807) is 17.3 Å². The Hall–Kier alpha value is -2.48. The van der Waals surface area contributed by atoms with Crippen LogP contribution in [-0.2, 0) is 6.54 Å². The minimum Gasteiger partial charge on any atom is -0.347 e. The van der Waals surface area contributed by atoms with Crippen LogP contribution in [0.25, 0.3) is 0 Å². The number of hydrogen-bond acceptors (Lipinski definition) is 5. The number of urea groups is 1. The monoisotopic (exact) mass is 371 g/mol. The molecule has 3 amide bonds. The Bertz CT molecular complexity index is 818. The van der Waals surface area contributed by atoms with Crippen molar-refractivity contribution in [3.05, 3.63) is 40.7 Å². The first kappa shape index (κ1) is 17.0. The molecule has 7 nitrogen and oxygen atoms in total. The average molecular weight is 371 g/mol. The second kappa shape index (κ2) is 7.03. The van der Waals surface area contributed by atoms with Gasteiger partial charge in [0.25, 0.3) is 5.91 Å². The summed E-state index contributed by atoms with van der Waals surface area (Å²) in [6.07, 6.45) is 5.84. The molecule has 1 saturated carbocycles. The van der Waals surface area contributed by atoms with Crippen molar-refractivity contribution in [3.8, 4) is 0 Å². The molecule has 0 spiro atoms. The van der Waals surface area contributed by atoms with E-state index in [9.17, 15) is 9.59 Å². The molecule has 0 bridgehead atoms. The molecule has 0 radical (unpaired) electrons. The first-order valence-corrected chi connectivity index (χ1v) is 9.64. The van der Waals surface area contributed by atoms with E-state index >= 15 is 0 Å². The smallest absolute Gasteiger partial charge is 0.326 e. The second-order valence-corrected chi connectivity index (χ2v) is 7.75. The number of nitrogens with one attached hydrogen (secondary N) is 1. The number of rotatable bonds is 6. The summed E-state index contributed by atoms with van der Waals surface area (Å²) in [7, 11) is 0. The van der Waals surface area contributed by atoms with Gasteiger partial charge in [0.05, 0.1) is 5.69 Å². The highest BCUT2D eigenvalue weighted by atomic mass is 32.1. The molecule has 4 rings (SSSR count). The average Bonchev–Trinajstić information content (AvgIpc) is 3.28. The number of anilines is 1. The molecule has 1 aliphatic heterocycles. The maximum Gasteiger partial charge on any atom is 0.326 e. The highest BCUT2D eigenvalue weighted by Crippen LogP contribution is 2.33. The third-order valence-electron chi connectivity index (χ3n) is 4.70. The summed E-state index contributed by atoms with van der Waals surface area (Å²) in [6, 6.07) is 3.74. The summed E-state index contributed by atoms with van der Waals surface area (Å²) in [5.41, 5.74) is 1.65. The van der Waals surface area contributed by atoms with Crippen molar-refractivity contribution in [3.63, 3.8) is 0 Å². The van der Waals surface area contributed by atoms with E-state index in [1.807, 2.05) is 24.0 Å². The number of carbonyl (C=O) groups is 2. The van der Waals surface area contributed by atoms with Crippen molar-refractivity contribution < 1.29 is 9.59 Å². The Kier molecular flexibility index (Phi) is 4.58. The number of aromatic nitrogens is 2. The zero-order valence-corrected chi connectivity index (χ0v) is 15.5. The zero-order chi connectivity index (χ0) is 18.1. The standard InChI is InChI=1S/C18H21N5O2S/c1-12-15(16(24)20-10-13-4-6-19-7-5-13)26-17(21-12)23-9-8-22(18(23)25)11-14-2-3-14/h4-7,14H,2-3,8-11H2,1H3,(H,20,24). The Morgan fingerprint density at radius 1 is 1.31 bits per heavy atom. The van der Waals surface area contributed by atoms with Crippen molar-refractivity contribution in [2.24, 2.45) is 5.92 Å². The lowest BCUT2D eigenvalue weighted by Gasteiger charge is -2.16. The lowest BCUT2D eigenvalue weighted by Crippen LogP contribution is -2.33. The lowest BCUT2D eigenvalue weighted by molar-refractivity contribution is 0.0954. The number of thiazole rings is 1. The summed E-state index contributed by atoms with van der Waals surface area (Å²) < 4.78 is 0. The third-order valence-corrected chi connectivity index (χ3v) is 5.87. The van der Waals surface area contributed by atoms with Crippen molar-refractivity contribution in [1.29, 1.82) is 0 Å². The molecular formula is C18H21N5O2S. The van der Waals surface area contributed by atoms with Crippen LogP contribution >= 0.6 is 11.3 Å². The van der Waals surface area contributed by atoms with Crippen LogP contribution < -0.4 is 10.2 Å². The molecule has 0 unspecified atom stereocenters. The Balaban J connectivity index is 1.42. The maximum absolute atomic E-state index is 12.6. The highest BCUT2D eigenvalue weighted by Gasteiger charge is 2.35. The fourth-order valence-corrected chi connectivity index (χ4v) is 4.02. The van der Waals surface area contributed by atoms with Crippen molar-refractivity contribution in [2.45, 2.75) is 26.3 Å². The fourth-order valence-electron chi connectivity index (χ4n) is 3.01. The molecule has 2 aromatic rings. The SMILES string of the molecule is Cc1nc(N2CCN(CC3CC3)C2=O)sc1C(=O)NCc1ccncc1. The van der Waals surface area contributed by atoms with E-state index in [2.05, 4.69) is 15.3 Å². The Morgan fingerprint density at radius 2 is 2.08 bits per heavy atom. The van der Waals surface area contributed by atoms with Crippen LogP contribution in [0.2, 0.25) is 0 Å². The van der Waals surface area contributed by atoms with E-state index in [-0.39, 0.29) is 11.9 Å². The van der Waals surface area contributed by atoms with Gasteiger partial charge >= 0.3 is 6.03 Å². The van der Waals surface area contributed by atoms with Gasteiger partial charge in [0.15, 0.2) is 5.13 Å². The van der Waals surface area contributed by atoms with Gasteiger partial charge in [0, 0.05) is 38.6 Å². The van der Waals surface area contributed by atoms with Crippen LogP contribution in [0.5, 0.6) is 0 Å². The zero-order valence-electron chi connectivity index (χ0n) is 14.6. The maximum atomic E-state index is 12.6. The number of hydrogen-bond donors (Lipinski definition) is 1. The molecule has 0 aromatic carbocycles. The van der Waals surface area contributed by atoms with Crippen molar-refractivity contribution >= 4 is 28.4 Å². The summed E-state index contributed by atoms with van der Waals surface area (Å²) in [4.78, 5) is 37.7. The molecule has 2 aromatic heterocycles.